The Labute approximate surface area is 165 Å². The summed E-state index contributed by atoms with van der Waals surface area (Å²) in [5.41, 5.74) is 3.92. The van der Waals surface area contributed by atoms with Crippen LogP contribution in [-0.2, 0) is 0 Å². The van der Waals surface area contributed by atoms with Crippen LogP contribution in [-0.4, -0.2) is 23.0 Å². The van der Waals surface area contributed by atoms with E-state index in [4.69, 9.17) is 4.74 Å². The molecule has 6 nitrogen and oxygen atoms in total. The molecule has 28 heavy (non-hydrogen) atoms. The molecule has 144 valence electrons. The van der Waals surface area contributed by atoms with Gasteiger partial charge in [-0.15, -0.1) is 0 Å². The first-order chi connectivity index (χ1) is 13.5. The van der Waals surface area contributed by atoms with E-state index in [0.29, 0.717) is 17.2 Å². The maximum atomic E-state index is 12.9. The van der Waals surface area contributed by atoms with Crippen molar-refractivity contribution in [1.29, 1.82) is 0 Å². The molecule has 3 aromatic rings. The Morgan fingerprint density at radius 2 is 1.64 bits per heavy atom. The Morgan fingerprint density at radius 3 is 2.29 bits per heavy atom. The second-order valence-electron chi connectivity index (χ2n) is 6.61. The van der Waals surface area contributed by atoms with Gasteiger partial charge in [0.2, 0.25) is 5.95 Å². The average Bonchev–Trinajstić information content (AvgIpc) is 2.67. The lowest BCUT2D eigenvalue weighted by molar-refractivity contribution is 0.0940. The number of hydrogen-bond acceptors (Lipinski definition) is 5. The van der Waals surface area contributed by atoms with E-state index in [2.05, 4.69) is 20.6 Å². The third-order valence-corrected chi connectivity index (χ3v) is 4.36. The van der Waals surface area contributed by atoms with Crippen molar-refractivity contribution in [2.45, 2.75) is 26.8 Å². The summed E-state index contributed by atoms with van der Waals surface area (Å²) in [4.78, 5) is 21.7. The lowest BCUT2D eigenvalue weighted by Crippen LogP contribution is -2.27. The van der Waals surface area contributed by atoms with Gasteiger partial charge in [0.05, 0.1) is 24.4 Å². The highest BCUT2D eigenvalue weighted by Gasteiger charge is 2.15. The molecular formula is C22H24N4O2. The van der Waals surface area contributed by atoms with Gasteiger partial charge >= 0.3 is 0 Å². The standard InChI is InChI=1S/C22H24N4O2/c1-14-13-15(2)24-22(23-14)26-20-8-6-5-7-19(20)21(27)25-16(3)17-9-11-18(28-4)12-10-17/h5-13,16H,1-4H3,(H,25,27)(H,23,24,26)/t16-/m0/s1. The molecule has 0 radical (unpaired) electrons. The fraction of sp³-hybridized carbons (Fsp3) is 0.227. The van der Waals surface area contributed by atoms with Crippen molar-refractivity contribution in [1.82, 2.24) is 15.3 Å². The molecule has 1 aromatic heterocycles. The van der Waals surface area contributed by atoms with Gasteiger partial charge in [-0.3, -0.25) is 4.79 Å². The summed E-state index contributed by atoms with van der Waals surface area (Å²) in [6.45, 7) is 5.77. The Morgan fingerprint density at radius 1 is 1.00 bits per heavy atom. The number of rotatable bonds is 6. The van der Waals surface area contributed by atoms with Crippen molar-refractivity contribution in [2.24, 2.45) is 0 Å². The quantitative estimate of drug-likeness (QED) is 0.669. The van der Waals surface area contributed by atoms with Crippen LogP contribution in [0.5, 0.6) is 5.75 Å². The molecule has 0 bridgehead atoms. The lowest BCUT2D eigenvalue weighted by atomic mass is 10.1. The molecule has 6 heteroatoms. The van der Waals surface area contributed by atoms with E-state index in [1.54, 1.807) is 13.2 Å². The number of benzene rings is 2. The number of para-hydroxylation sites is 1. The van der Waals surface area contributed by atoms with E-state index < -0.39 is 0 Å². The highest BCUT2D eigenvalue weighted by atomic mass is 16.5. The number of carbonyl (C=O) groups is 1. The molecule has 0 fully saturated rings. The molecule has 1 atom stereocenters. The van der Waals surface area contributed by atoms with E-state index in [0.717, 1.165) is 22.7 Å². The van der Waals surface area contributed by atoms with Gasteiger partial charge in [-0.1, -0.05) is 24.3 Å². The predicted octanol–water partition coefficient (Wildman–Crippen LogP) is 4.34. The van der Waals surface area contributed by atoms with Crippen molar-refractivity contribution < 1.29 is 9.53 Å². The van der Waals surface area contributed by atoms with E-state index in [-0.39, 0.29) is 11.9 Å². The summed E-state index contributed by atoms with van der Waals surface area (Å²) in [6.07, 6.45) is 0. The maximum Gasteiger partial charge on any atom is 0.253 e. The van der Waals surface area contributed by atoms with Crippen LogP contribution in [0.1, 0.15) is 40.3 Å². The summed E-state index contributed by atoms with van der Waals surface area (Å²) >= 11 is 0. The first-order valence-corrected chi connectivity index (χ1v) is 9.09. The molecule has 0 aliphatic carbocycles. The van der Waals surface area contributed by atoms with Crippen LogP contribution in [0.3, 0.4) is 0 Å². The van der Waals surface area contributed by atoms with Gasteiger partial charge in [0, 0.05) is 11.4 Å². The molecule has 0 saturated carbocycles. The van der Waals surface area contributed by atoms with Crippen LogP contribution in [0.4, 0.5) is 11.6 Å². The smallest absolute Gasteiger partial charge is 0.253 e. The Kier molecular flexibility index (Phi) is 5.89. The van der Waals surface area contributed by atoms with Gasteiger partial charge in [-0.25, -0.2) is 9.97 Å². The third-order valence-electron chi connectivity index (χ3n) is 4.36. The minimum Gasteiger partial charge on any atom is -0.497 e. The second kappa shape index (κ2) is 8.52. The van der Waals surface area contributed by atoms with Crippen molar-refractivity contribution in [2.75, 3.05) is 12.4 Å². The fourth-order valence-corrected chi connectivity index (χ4v) is 2.94. The normalized spacial score (nSPS) is 11.6. The van der Waals surface area contributed by atoms with Gasteiger partial charge in [-0.05, 0) is 56.7 Å². The zero-order valence-corrected chi connectivity index (χ0v) is 16.5. The summed E-state index contributed by atoms with van der Waals surface area (Å²) in [5.74, 6) is 1.09. The summed E-state index contributed by atoms with van der Waals surface area (Å²) in [5, 5.41) is 6.20. The van der Waals surface area contributed by atoms with Gasteiger partial charge < -0.3 is 15.4 Å². The van der Waals surface area contributed by atoms with Crippen LogP contribution in [0.2, 0.25) is 0 Å². The van der Waals surface area contributed by atoms with Gasteiger partial charge in [0.15, 0.2) is 0 Å². The molecule has 1 heterocycles. The van der Waals surface area contributed by atoms with Crippen molar-refractivity contribution in [3.63, 3.8) is 0 Å². The van der Waals surface area contributed by atoms with Crippen LogP contribution in [0.25, 0.3) is 0 Å². The molecule has 0 saturated heterocycles. The van der Waals surface area contributed by atoms with Crippen molar-refractivity contribution >= 4 is 17.5 Å². The summed E-state index contributed by atoms with van der Waals surface area (Å²) in [6, 6.07) is 16.7. The lowest BCUT2D eigenvalue weighted by Gasteiger charge is -2.17. The van der Waals surface area contributed by atoms with Crippen LogP contribution >= 0.6 is 0 Å². The minimum atomic E-state index is -0.171. The number of carbonyl (C=O) groups excluding carboxylic acids is 1. The second-order valence-corrected chi connectivity index (χ2v) is 6.61. The van der Waals surface area contributed by atoms with E-state index in [1.165, 1.54) is 0 Å². The zero-order chi connectivity index (χ0) is 20.1. The first kappa shape index (κ1) is 19.4. The number of aryl methyl sites for hydroxylation is 2. The van der Waals surface area contributed by atoms with E-state index in [1.807, 2.05) is 69.3 Å². The molecule has 0 spiro atoms. The summed E-state index contributed by atoms with van der Waals surface area (Å²) < 4.78 is 5.18. The number of methoxy groups -OCH3 is 1. The van der Waals surface area contributed by atoms with Crippen LogP contribution in [0, 0.1) is 13.8 Å². The monoisotopic (exact) mass is 376 g/mol. The molecule has 1 amide bonds. The molecular weight excluding hydrogens is 352 g/mol. The highest BCUT2D eigenvalue weighted by Crippen LogP contribution is 2.22. The van der Waals surface area contributed by atoms with E-state index in [9.17, 15) is 4.79 Å². The number of nitrogens with one attached hydrogen (secondary N) is 2. The van der Waals surface area contributed by atoms with Gasteiger partial charge in [-0.2, -0.15) is 0 Å². The zero-order valence-electron chi connectivity index (χ0n) is 16.5. The number of nitrogens with zero attached hydrogens (tertiary/aromatic N) is 2. The molecule has 0 aliphatic rings. The van der Waals surface area contributed by atoms with Crippen LogP contribution < -0.4 is 15.4 Å². The molecule has 0 unspecified atom stereocenters. The number of ether oxygens (including phenoxy) is 1. The Balaban J connectivity index is 1.78. The largest absolute Gasteiger partial charge is 0.497 e. The van der Waals surface area contributed by atoms with Crippen LogP contribution in [0.15, 0.2) is 54.6 Å². The SMILES string of the molecule is COc1ccc([C@H](C)NC(=O)c2ccccc2Nc2nc(C)cc(C)n2)cc1. The third kappa shape index (κ3) is 4.65. The van der Waals surface area contributed by atoms with Gasteiger partial charge in [0.1, 0.15) is 5.75 Å². The number of aromatic nitrogens is 2. The highest BCUT2D eigenvalue weighted by molar-refractivity contribution is 6.00. The van der Waals surface area contributed by atoms with Crippen molar-refractivity contribution in [3.8, 4) is 5.75 Å². The minimum absolute atomic E-state index is 0.149. The van der Waals surface area contributed by atoms with E-state index >= 15 is 0 Å². The maximum absolute atomic E-state index is 12.9. The predicted molar refractivity (Wildman–Crippen MR) is 110 cm³/mol. The molecule has 0 aliphatic heterocycles. The Bertz CT molecular complexity index is 950. The molecule has 2 aromatic carbocycles. The first-order valence-electron chi connectivity index (χ1n) is 9.09. The molecule has 3 rings (SSSR count). The van der Waals surface area contributed by atoms with Crippen molar-refractivity contribution in [3.05, 3.63) is 77.1 Å². The number of anilines is 2. The van der Waals surface area contributed by atoms with Gasteiger partial charge in [0.25, 0.3) is 5.91 Å². The average molecular weight is 376 g/mol. The summed E-state index contributed by atoms with van der Waals surface area (Å²) in [7, 11) is 1.63. The number of amides is 1. The number of hydrogen-bond donors (Lipinski definition) is 2. The Hall–Kier alpha value is -3.41. The topological polar surface area (TPSA) is 76.1 Å². The molecule has 2 N–H and O–H groups in total. The fourth-order valence-electron chi connectivity index (χ4n) is 2.94.